The average molecular weight is 274 g/mol. The number of ether oxygens (including phenoxy) is 1. The Morgan fingerprint density at radius 3 is 2.33 bits per heavy atom. The minimum Gasteiger partial charge on any atom is -0.466 e. The zero-order valence-electron chi connectivity index (χ0n) is 9.02. The summed E-state index contributed by atoms with van der Waals surface area (Å²) in [5.74, 6) is -0.209. The lowest BCUT2D eigenvalue weighted by Crippen LogP contribution is -2.11. The first-order valence-electron chi connectivity index (χ1n) is 4.93. The van der Waals surface area contributed by atoms with Crippen LogP contribution in [0.5, 0.6) is 0 Å². The van der Waals surface area contributed by atoms with Gasteiger partial charge in [-0.25, -0.2) is 0 Å². The van der Waals surface area contributed by atoms with Crippen LogP contribution in [0.3, 0.4) is 0 Å². The third kappa shape index (κ3) is 3.15. The van der Waals surface area contributed by atoms with Crippen LogP contribution >= 0.6 is 34.8 Å². The van der Waals surface area contributed by atoms with Crippen LogP contribution in [-0.4, -0.2) is 16.4 Å². The van der Waals surface area contributed by atoms with E-state index in [9.17, 15) is 4.79 Å². The topological polar surface area (TPSA) is 26.3 Å². The molecule has 0 unspecified atom stereocenters. The average Bonchev–Trinajstić information content (AvgIpc) is 2.50. The minimum atomic E-state index is -1.29. The molecule has 1 rings (SSSR count). The van der Waals surface area contributed by atoms with Crippen molar-refractivity contribution in [3.05, 3.63) is 0 Å². The minimum absolute atomic E-state index is 0.101. The first-order chi connectivity index (χ1) is 6.70. The van der Waals surface area contributed by atoms with E-state index in [1.165, 1.54) is 0 Å². The molecule has 0 aromatic rings. The van der Waals surface area contributed by atoms with Gasteiger partial charge in [0.1, 0.15) is 0 Å². The molecular formula is C10H15Cl3O2. The maximum absolute atomic E-state index is 11.6. The van der Waals surface area contributed by atoms with Crippen LogP contribution in [0.2, 0.25) is 0 Å². The Morgan fingerprint density at radius 1 is 1.40 bits per heavy atom. The molecule has 0 aliphatic heterocycles. The van der Waals surface area contributed by atoms with Crippen molar-refractivity contribution >= 4 is 40.8 Å². The molecule has 1 saturated carbocycles. The summed E-state index contributed by atoms with van der Waals surface area (Å²) < 4.78 is 3.69. The van der Waals surface area contributed by atoms with Crippen LogP contribution in [0.4, 0.5) is 0 Å². The summed E-state index contributed by atoms with van der Waals surface area (Å²) in [5.41, 5.74) is -0.115. The van der Waals surface area contributed by atoms with E-state index in [-0.39, 0.29) is 23.2 Å². The van der Waals surface area contributed by atoms with E-state index in [1.807, 2.05) is 13.8 Å². The van der Waals surface area contributed by atoms with Crippen molar-refractivity contribution in [2.24, 2.45) is 17.3 Å². The van der Waals surface area contributed by atoms with Gasteiger partial charge in [-0.3, -0.25) is 4.79 Å². The molecule has 0 radical (unpaired) electrons. The Bertz CT molecular complexity index is 258. The second kappa shape index (κ2) is 4.31. The number of carbonyl (C=O) groups is 1. The Labute approximate surface area is 105 Å². The molecule has 0 aromatic carbocycles. The lowest BCUT2D eigenvalue weighted by Gasteiger charge is -2.10. The fraction of sp³-hybridized carbons (Fsp3) is 0.900. The molecule has 1 aliphatic carbocycles. The van der Waals surface area contributed by atoms with Crippen LogP contribution < -0.4 is 0 Å². The molecule has 5 heteroatoms. The quantitative estimate of drug-likeness (QED) is 0.580. The molecule has 0 N–H and O–H groups in total. The van der Waals surface area contributed by atoms with Crippen molar-refractivity contribution in [3.63, 3.8) is 0 Å². The highest BCUT2D eigenvalue weighted by Crippen LogP contribution is 2.63. The normalized spacial score (nSPS) is 28.7. The van der Waals surface area contributed by atoms with Crippen LogP contribution in [0.1, 0.15) is 27.2 Å². The van der Waals surface area contributed by atoms with Crippen LogP contribution in [0, 0.1) is 17.3 Å². The van der Waals surface area contributed by atoms with Gasteiger partial charge in [-0.1, -0.05) is 48.7 Å². The van der Waals surface area contributed by atoms with Crippen molar-refractivity contribution < 1.29 is 9.53 Å². The van der Waals surface area contributed by atoms with Crippen molar-refractivity contribution in [2.45, 2.75) is 31.0 Å². The first-order valence-corrected chi connectivity index (χ1v) is 6.07. The number of hydrogen-bond donors (Lipinski definition) is 0. The largest absolute Gasteiger partial charge is 0.466 e. The van der Waals surface area contributed by atoms with Crippen LogP contribution in [0.25, 0.3) is 0 Å². The van der Waals surface area contributed by atoms with Crippen LogP contribution in [-0.2, 0) is 9.53 Å². The standard InChI is InChI=1S/C10H15Cl3O2/c1-4-15-8(14)7-6(9(7,2)3)5-10(11,12)13/h6-7H,4-5H2,1-3H3/t6-,7-/m0/s1. The van der Waals surface area contributed by atoms with Gasteiger partial charge in [-0.2, -0.15) is 0 Å². The SMILES string of the molecule is CCOC(=O)[C@@H]1[C@H](CC(Cl)(Cl)Cl)C1(C)C. The summed E-state index contributed by atoms with van der Waals surface area (Å²) in [6, 6.07) is 0. The van der Waals surface area contributed by atoms with E-state index in [2.05, 4.69) is 0 Å². The number of esters is 1. The predicted octanol–water partition coefficient (Wildman–Crippen LogP) is 3.58. The number of hydrogen-bond acceptors (Lipinski definition) is 2. The van der Waals surface area contributed by atoms with Gasteiger partial charge in [0.2, 0.25) is 0 Å². The Hall–Kier alpha value is 0.340. The first kappa shape index (κ1) is 13.4. The number of halogens is 3. The summed E-state index contributed by atoms with van der Waals surface area (Å²) in [7, 11) is 0. The smallest absolute Gasteiger partial charge is 0.309 e. The summed E-state index contributed by atoms with van der Waals surface area (Å²) in [6.07, 6.45) is 0.397. The predicted molar refractivity (Wildman–Crippen MR) is 62.3 cm³/mol. The van der Waals surface area contributed by atoms with Crippen molar-refractivity contribution in [2.75, 3.05) is 6.61 Å². The van der Waals surface area contributed by atoms with Crippen molar-refractivity contribution in [3.8, 4) is 0 Å². The van der Waals surface area contributed by atoms with E-state index in [1.54, 1.807) is 6.92 Å². The van der Waals surface area contributed by atoms with E-state index >= 15 is 0 Å². The van der Waals surface area contributed by atoms with Gasteiger partial charge in [0.25, 0.3) is 0 Å². The third-order valence-electron chi connectivity index (χ3n) is 3.04. The number of carbonyl (C=O) groups excluding carboxylic acids is 1. The van der Waals surface area contributed by atoms with Gasteiger partial charge in [0, 0.05) is 0 Å². The van der Waals surface area contributed by atoms with E-state index in [0.717, 1.165) is 0 Å². The molecule has 1 aliphatic rings. The maximum Gasteiger partial charge on any atom is 0.309 e. The van der Waals surface area contributed by atoms with Gasteiger partial charge < -0.3 is 4.74 Å². The van der Waals surface area contributed by atoms with E-state index in [4.69, 9.17) is 39.5 Å². The zero-order chi connectivity index (χ0) is 11.9. The van der Waals surface area contributed by atoms with Gasteiger partial charge in [-0.05, 0) is 24.7 Å². The molecular weight excluding hydrogens is 258 g/mol. The highest BCUT2D eigenvalue weighted by atomic mass is 35.6. The summed E-state index contributed by atoms with van der Waals surface area (Å²) in [6.45, 7) is 6.18. The molecule has 2 atom stereocenters. The molecule has 0 heterocycles. The fourth-order valence-electron chi connectivity index (χ4n) is 2.07. The van der Waals surface area contributed by atoms with Crippen LogP contribution in [0.15, 0.2) is 0 Å². The Balaban J connectivity index is 2.59. The monoisotopic (exact) mass is 272 g/mol. The second-order valence-corrected chi connectivity index (χ2v) is 6.99. The molecule has 0 bridgehead atoms. The molecule has 2 nitrogen and oxygen atoms in total. The Morgan fingerprint density at radius 2 is 1.93 bits per heavy atom. The second-order valence-electron chi connectivity index (χ2n) is 4.48. The fourth-order valence-corrected chi connectivity index (χ4v) is 2.57. The molecule has 88 valence electrons. The van der Waals surface area contributed by atoms with Gasteiger partial charge in [0.05, 0.1) is 12.5 Å². The highest BCUT2D eigenvalue weighted by Gasteiger charge is 2.63. The zero-order valence-corrected chi connectivity index (χ0v) is 11.3. The van der Waals surface area contributed by atoms with E-state index in [0.29, 0.717) is 13.0 Å². The molecule has 15 heavy (non-hydrogen) atoms. The number of alkyl halides is 3. The molecule has 0 aromatic heterocycles. The van der Waals surface area contributed by atoms with Gasteiger partial charge >= 0.3 is 5.97 Å². The lowest BCUT2D eigenvalue weighted by molar-refractivity contribution is -0.145. The van der Waals surface area contributed by atoms with Crippen molar-refractivity contribution in [1.82, 2.24) is 0 Å². The molecule has 0 saturated heterocycles. The van der Waals surface area contributed by atoms with E-state index < -0.39 is 3.79 Å². The summed E-state index contributed by atoms with van der Waals surface area (Å²) >= 11 is 17.2. The number of rotatable bonds is 3. The molecule has 0 amide bonds. The highest BCUT2D eigenvalue weighted by molar-refractivity contribution is 6.67. The summed E-state index contributed by atoms with van der Waals surface area (Å²) in [5, 5.41) is 0. The third-order valence-corrected chi connectivity index (χ3v) is 3.51. The van der Waals surface area contributed by atoms with Gasteiger partial charge in [0.15, 0.2) is 3.79 Å². The lowest BCUT2D eigenvalue weighted by atomic mass is 10.1. The van der Waals surface area contributed by atoms with Gasteiger partial charge in [-0.15, -0.1) is 0 Å². The maximum atomic E-state index is 11.6. The Kier molecular flexibility index (Phi) is 3.85. The molecule has 0 spiro atoms. The molecule has 1 fully saturated rings. The summed E-state index contributed by atoms with van der Waals surface area (Å²) in [4.78, 5) is 11.6. The van der Waals surface area contributed by atoms with Crippen molar-refractivity contribution in [1.29, 1.82) is 0 Å².